The van der Waals surface area contributed by atoms with Gasteiger partial charge in [-0.2, -0.15) is 5.10 Å². The number of hydrogen-bond donors (Lipinski definition) is 1. The quantitative estimate of drug-likeness (QED) is 0.648. The number of hydrogen-bond acceptors (Lipinski definition) is 4. The molecule has 0 spiro atoms. The van der Waals surface area contributed by atoms with Crippen LogP contribution >= 0.6 is 11.6 Å². The van der Waals surface area contributed by atoms with E-state index in [2.05, 4.69) is 22.0 Å². The number of aromatic nitrogens is 2. The van der Waals surface area contributed by atoms with Crippen LogP contribution in [0.4, 0.5) is 0 Å². The molecule has 1 aromatic heterocycles. The van der Waals surface area contributed by atoms with Crippen molar-refractivity contribution in [2.75, 3.05) is 13.2 Å². The van der Waals surface area contributed by atoms with Crippen molar-refractivity contribution in [2.24, 2.45) is 0 Å². The summed E-state index contributed by atoms with van der Waals surface area (Å²) >= 11 is 6.08. The number of ether oxygens (including phenoxy) is 1. The third-order valence-electron chi connectivity index (χ3n) is 5.02. The lowest BCUT2D eigenvalue weighted by Crippen LogP contribution is -2.32. The van der Waals surface area contributed by atoms with Crippen molar-refractivity contribution in [1.82, 2.24) is 14.5 Å². The molecule has 0 saturated carbocycles. The number of halogens is 1. The lowest BCUT2D eigenvalue weighted by molar-refractivity contribution is 0.0430. The van der Waals surface area contributed by atoms with Crippen LogP contribution in [0.1, 0.15) is 28.5 Å². The van der Waals surface area contributed by atoms with E-state index in [1.54, 1.807) is 25.1 Å². The smallest absolute Gasteiger partial charge is 0.240 e. The van der Waals surface area contributed by atoms with E-state index < -0.39 is 16.1 Å². The minimum atomic E-state index is -3.71. The van der Waals surface area contributed by atoms with E-state index in [-0.39, 0.29) is 11.4 Å². The van der Waals surface area contributed by atoms with Crippen LogP contribution in [0.2, 0.25) is 5.02 Å². The van der Waals surface area contributed by atoms with Gasteiger partial charge in [0.15, 0.2) is 0 Å². The van der Waals surface area contributed by atoms with Crippen LogP contribution in [0.3, 0.4) is 0 Å². The molecule has 4 rings (SSSR count). The first-order valence-electron chi connectivity index (χ1n) is 9.40. The highest BCUT2D eigenvalue weighted by Crippen LogP contribution is 2.27. The highest BCUT2D eigenvalue weighted by molar-refractivity contribution is 7.89. The Morgan fingerprint density at radius 3 is 2.79 bits per heavy atom. The largest absolute Gasteiger partial charge is 0.370 e. The number of fused-ring (bicyclic) bond motifs is 1. The standard InChI is InChI=1S/C21H22ClN3O3S/c1-15-18(22)8-5-9-20(15)29(26,27)23-12-19-21-17(10-11-28-19)14-25(24-21)13-16-6-3-2-4-7-16/h2-9,14,19,23H,10-13H2,1H3. The molecule has 2 aromatic carbocycles. The molecule has 0 bridgehead atoms. The van der Waals surface area contributed by atoms with E-state index in [9.17, 15) is 8.42 Å². The Labute approximate surface area is 175 Å². The second kappa shape index (κ2) is 8.28. The fraction of sp³-hybridized carbons (Fsp3) is 0.286. The molecule has 1 aliphatic rings. The number of sulfonamides is 1. The van der Waals surface area contributed by atoms with Crippen LogP contribution in [0.5, 0.6) is 0 Å². The Morgan fingerprint density at radius 1 is 1.21 bits per heavy atom. The minimum Gasteiger partial charge on any atom is -0.370 e. The third-order valence-corrected chi connectivity index (χ3v) is 7.00. The Morgan fingerprint density at radius 2 is 2.00 bits per heavy atom. The molecule has 29 heavy (non-hydrogen) atoms. The van der Waals surface area contributed by atoms with Gasteiger partial charge in [-0.05, 0) is 42.2 Å². The predicted molar refractivity (Wildman–Crippen MR) is 112 cm³/mol. The summed E-state index contributed by atoms with van der Waals surface area (Å²) in [5.74, 6) is 0. The van der Waals surface area contributed by atoms with Gasteiger partial charge in [-0.3, -0.25) is 4.68 Å². The highest BCUT2D eigenvalue weighted by Gasteiger charge is 2.27. The van der Waals surface area contributed by atoms with Gasteiger partial charge in [0.05, 0.1) is 23.7 Å². The van der Waals surface area contributed by atoms with E-state index in [4.69, 9.17) is 16.3 Å². The molecule has 8 heteroatoms. The summed E-state index contributed by atoms with van der Waals surface area (Å²) in [6.45, 7) is 3.00. The minimum absolute atomic E-state index is 0.115. The zero-order valence-electron chi connectivity index (χ0n) is 16.0. The Hall–Kier alpha value is -2.19. The third kappa shape index (κ3) is 4.38. The molecular weight excluding hydrogens is 410 g/mol. The van der Waals surface area contributed by atoms with Crippen molar-refractivity contribution < 1.29 is 13.2 Å². The molecule has 0 saturated heterocycles. The summed E-state index contributed by atoms with van der Waals surface area (Å²) in [4.78, 5) is 0.177. The van der Waals surface area contributed by atoms with E-state index in [0.717, 1.165) is 23.2 Å². The number of benzene rings is 2. The summed E-state index contributed by atoms with van der Waals surface area (Å²) in [5.41, 5.74) is 3.56. The molecule has 6 nitrogen and oxygen atoms in total. The average Bonchev–Trinajstić information content (AvgIpc) is 3.12. The first-order valence-corrected chi connectivity index (χ1v) is 11.3. The van der Waals surface area contributed by atoms with Gasteiger partial charge in [0.1, 0.15) is 6.10 Å². The zero-order chi connectivity index (χ0) is 20.4. The molecule has 0 amide bonds. The molecule has 1 N–H and O–H groups in total. The lowest BCUT2D eigenvalue weighted by Gasteiger charge is -2.22. The second-order valence-corrected chi connectivity index (χ2v) is 9.19. The summed E-state index contributed by atoms with van der Waals surface area (Å²) in [6, 6.07) is 14.9. The zero-order valence-corrected chi connectivity index (χ0v) is 17.6. The van der Waals surface area contributed by atoms with Crippen molar-refractivity contribution in [1.29, 1.82) is 0 Å². The van der Waals surface area contributed by atoms with Gasteiger partial charge in [0, 0.05) is 17.8 Å². The van der Waals surface area contributed by atoms with Gasteiger partial charge < -0.3 is 4.74 Å². The molecule has 1 unspecified atom stereocenters. The summed E-state index contributed by atoms with van der Waals surface area (Å²) < 4.78 is 35.9. The number of rotatable bonds is 6. The molecule has 0 fully saturated rings. The second-order valence-electron chi connectivity index (χ2n) is 7.05. The SMILES string of the molecule is Cc1c(Cl)cccc1S(=O)(=O)NCC1OCCc2cn(Cc3ccccc3)nc21. The number of nitrogens with one attached hydrogen (secondary N) is 1. The molecule has 0 aliphatic carbocycles. The van der Waals surface area contributed by atoms with Crippen molar-refractivity contribution in [3.05, 3.63) is 82.1 Å². The monoisotopic (exact) mass is 431 g/mol. The van der Waals surface area contributed by atoms with E-state index in [1.165, 1.54) is 0 Å². The molecule has 0 radical (unpaired) electrons. The van der Waals surface area contributed by atoms with Gasteiger partial charge >= 0.3 is 0 Å². The van der Waals surface area contributed by atoms with Gasteiger partial charge in [-0.1, -0.05) is 48.0 Å². The van der Waals surface area contributed by atoms with E-state index >= 15 is 0 Å². The fourth-order valence-electron chi connectivity index (χ4n) is 3.48. The van der Waals surface area contributed by atoms with Crippen molar-refractivity contribution in [3.63, 3.8) is 0 Å². The Kier molecular flexibility index (Phi) is 5.74. The molecule has 3 aromatic rings. The van der Waals surface area contributed by atoms with Crippen LogP contribution in [-0.2, 0) is 27.7 Å². The molecular formula is C21H22ClN3O3S. The van der Waals surface area contributed by atoms with E-state index in [1.807, 2.05) is 29.1 Å². The van der Waals surface area contributed by atoms with Crippen molar-refractivity contribution in [3.8, 4) is 0 Å². The van der Waals surface area contributed by atoms with Crippen LogP contribution < -0.4 is 4.72 Å². The maximum Gasteiger partial charge on any atom is 0.240 e. The predicted octanol–water partition coefficient (Wildman–Crippen LogP) is 3.49. The van der Waals surface area contributed by atoms with Crippen molar-refractivity contribution in [2.45, 2.75) is 30.9 Å². The maximum atomic E-state index is 12.8. The first-order chi connectivity index (χ1) is 13.9. The van der Waals surface area contributed by atoms with Gasteiger partial charge in [-0.15, -0.1) is 0 Å². The van der Waals surface area contributed by atoms with Gasteiger partial charge in [-0.25, -0.2) is 13.1 Å². The number of nitrogens with zero attached hydrogens (tertiary/aromatic N) is 2. The fourth-order valence-corrected chi connectivity index (χ4v) is 5.01. The highest BCUT2D eigenvalue weighted by atomic mass is 35.5. The van der Waals surface area contributed by atoms with E-state index in [0.29, 0.717) is 23.7 Å². The molecule has 152 valence electrons. The normalized spacial score (nSPS) is 16.6. The van der Waals surface area contributed by atoms with Gasteiger partial charge in [0.2, 0.25) is 10.0 Å². The first kappa shape index (κ1) is 20.1. The van der Waals surface area contributed by atoms with Crippen LogP contribution in [0, 0.1) is 6.92 Å². The van der Waals surface area contributed by atoms with Crippen LogP contribution in [0.25, 0.3) is 0 Å². The summed E-state index contributed by atoms with van der Waals surface area (Å²) in [7, 11) is -3.71. The lowest BCUT2D eigenvalue weighted by atomic mass is 10.1. The summed E-state index contributed by atoms with van der Waals surface area (Å²) in [5, 5.41) is 5.09. The van der Waals surface area contributed by atoms with Crippen molar-refractivity contribution >= 4 is 21.6 Å². The molecule has 2 heterocycles. The topological polar surface area (TPSA) is 73.2 Å². The molecule has 1 atom stereocenters. The molecule has 1 aliphatic heterocycles. The maximum absolute atomic E-state index is 12.8. The van der Waals surface area contributed by atoms with Crippen LogP contribution in [0.15, 0.2) is 59.6 Å². The Balaban J connectivity index is 1.50. The van der Waals surface area contributed by atoms with Crippen LogP contribution in [-0.4, -0.2) is 31.3 Å². The average molecular weight is 432 g/mol. The van der Waals surface area contributed by atoms with Gasteiger partial charge in [0.25, 0.3) is 0 Å². The summed E-state index contributed by atoms with van der Waals surface area (Å²) in [6.07, 6.45) is 2.36. The Bertz CT molecular complexity index is 1110.